The average molecular weight is 411 g/mol. The number of sulfonamides is 1. The molecule has 10 heteroatoms. The summed E-state index contributed by atoms with van der Waals surface area (Å²) in [6.07, 6.45) is 0.845. The highest BCUT2D eigenvalue weighted by molar-refractivity contribution is 7.89. The number of likely N-dealkylation sites (N-methyl/N-ethyl adjacent to an activating group) is 1. The lowest BCUT2D eigenvalue weighted by Crippen LogP contribution is -2.41. The highest BCUT2D eigenvalue weighted by atomic mass is 32.2. The standard InChI is InChI=1S/C17H22N4O4S2/c1-11(20-27(23,24)13-6-4-12(25-3)5-7-13)16(22)19-17-18-14-8-9-21(2)10-15(14)26-17/h4-7,11,20H,8-10H2,1-3H3,(H,18,19,22)/t11-/m0/s1. The van der Waals surface area contributed by atoms with Crippen LogP contribution in [-0.4, -0.2) is 51.0 Å². The Bertz CT molecular complexity index is 925. The number of thiazole rings is 1. The minimum Gasteiger partial charge on any atom is -0.497 e. The van der Waals surface area contributed by atoms with Crippen LogP contribution in [0.4, 0.5) is 5.13 Å². The van der Waals surface area contributed by atoms with Gasteiger partial charge >= 0.3 is 0 Å². The van der Waals surface area contributed by atoms with Crippen molar-refractivity contribution in [3.63, 3.8) is 0 Å². The van der Waals surface area contributed by atoms with Gasteiger partial charge in [0.25, 0.3) is 0 Å². The summed E-state index contributed by atoms with van der Waals surface area (Å²) in [6.45, 7) is 3.24. The van der Waals surface area contributed by atoms with Gasteiger partial charge in [0.05, 0.1) is 23.7 Å². The second kappa shape index (κ2) is 7.93. The zero-order chi connectivity index (χ0) is 19.6. The molecule has 2 heterocycles. The van der Waals surface area contributed by atoms with E-state index < -0.39 is 22.0 Å². The zero-order valence-corrected chi connectivity index (χ0v) is 17.0. The number of anilines is 1. The minimum atomic E-state index is -3.82. The number of hydrogen-bond donors (Lipinski definition) is 2. The van der Waals surface area contributed by atoms with Crippen LogP contribution in [0.15, 0.2) is 29.2 Å². The van der Waals surface area contributed by atoms with E-state index in [4.69, 9.17) is 4.74 Å². The number of hydrogen-bond acceptors (Lipinski definition) is 7. The van der Waals surface area contributed by atoms with E-state index >= 15 is 0 Å². The molecule has 1 aromatic heterocycles. The summed E-state index contributed by atoms with van der Waals surface area (Å²) < 4.78 is 32.3. The molecular weight excluding hydrogens is 388 g/mol. The van der Waals surface area contributed by atoms with Crippen molar-refractivity contribution in [2.24, 2.45) is 0 Å². The first-order valence-corrected chi connectivity index (χ1v) is 10.7. The van der Waals surface area contributed by atoms with Gasteiger partial charge in [0, 0.05) is 24.4 Å². The van der Waals surface area contributed by atoms with Crippen LogP contribution in [0.2, 0.25) is 0 Å². The average Bonchev–Trinajstić information content (AvgIpc) is 3.02. The molecule has 8 nitrogen and oxygen atoms in total. The molecule has 0 unspecified atom stereocenters. The Morgan fingerprint density at radius 2 is 2.04 bits per heavy atom. The fourth-order valence-electron chi connectivity index (χ4n) is 2.70. The van der Waals surface area contributed by atoms with Crippen molar-refractivity contribution in [1.29, 1.82) is 0 Å². The Morgan fingerprint density at radius 1 is 1.33 bits per heavy atom. The van der Waals surface area contributed by atoms with E-state index in [9.17, 15) is 13.2 Å². The maximum absolute atomic E-state index is 12.4. The van der Waals surface area contributed by atoms with Crippen LogP contribution in [-0.2, 0) is 27.8 Å². The number of carbonyl (C=O) groups excluding carboxylic acids is 1. The number of methoxy groups -OCH3 is 1. The second-order valence-corrected chi connectivity index (χ2v) is 9.18. The van der Waals surface area contributed by atoms with E-state index in [2.05, 4.69) is 19.9 Å². The van der Waals surface area contributed by atoms with E-state index in [0.717, 1.165) is 30.1 Å². The summed E-state index contributed by atoms with van der Waals surface area (Å²) in [4.78, 5) is 20.2. The second-order valence-electron chi connectivity index (χ2n) is 6.38. The first-order valence-electron chi connectivity index (χ1n) is 8.43. The Kier molecular flexibility index (Phi) is 5.80. The molecular formula is C17H22N4O4S2. The third-order valence-corrected chi connectivity index (χ3v) is 6.80. The summed E-state index contributed by atoms with van der Waals surface area (Å²) >= 11 is 1.43. The van der Waals surface area contributed by atoms with Gasteiger partial charge in [-0.3, -0.25) is 4.79 Å². The number of fused-ring (bicyclic) bond motifs is 1. The lowest BCUT2D eigenvalue weighted by atomic mass is 10.2. The Balaban J connectivity index is 1.64. The van der Waals surface area contributed by atoms with Crippen LogP contribution in [0.5, 0.6) is 5.75 Å². The minimum absolute atomic E-state index is 0.0655. The van der Waals surface area contributed by atoms with Crippen LogP contribution < -0.4 is 14.8 Å². The molecule has 0 bridgehead atoms. The lowest BCUT2D eigenvalue weighted by Gasteiger charge is -2.20. The number of nitrogens with one attached hydrogen (secondary N) is 2. The molecule has 1 atom stereocenters. The molecule has 0 saturated heterocycles. The van der Waals surface area contributed by atoms with Crippen molar-refractivity contribution in [2.75, 3.05) is 26.0 Å². The van der Waals surface area contributed by atoms with E-state index in [1.165, 1.54) is 37.5 Å². The van der Waals surface area contributed by atoms with E-state index in [-0.39, 0.29) is 4.90 Å². The third-order valence-electron chi connectivity index (χ3n) is 4.25. The van der Waals surface area contributed by atoms with Gasteiger partial charge in [-0.1, -0.05) is 0 Å². The number of nitrogens with zero attached hydrogens (tertiary/aromatic N) is 2. The molecule has 1 aliphatic rings. The maximum Gasteiger partial charge on any atom is 0.244 e. The number of aromatic nitrogens is 1. The van der Waals surface area contributed by atoms with E-state index in [1.807, 2.05) is 7.05 Å². The molecule has 2 aromatic rings. The molecule has 2 N–H and O–H groups in total. The fourth-order valence-corrected chi connectivity index (χ4v) is 4.99. The fraction of sp³-hybridized carbons (Fsp3) is 0.412. The molecule has 0 spiro atoms. The predicted octanol–water partition coefficient (Wildman–Crippen LogP) is 1.45. The highest BCUT2D eigenvalue weighted by Gasteiger charge is 2.24. The van der Waals surface area contributed by atoms with Gasteiger partial charge in [-0.15, -0.1) is 11.3 Å². The van der Waals surface area contributed by atoms with Gasteiger partial charge in [-0.2, -0.15) is 4.72 Å². The number of benzene rings is 1. The summed E-state index contributed by atoms with van der Waals surface area (Å²) in [7, 11) is -0.280. The Labute approximate surface area is 162 Å². The molecule has 0 fully saturated rings. The van der Waals surface area contributed by atoms with Crippen molar-refractivity contribution >= 4 is 32.4 Å². The van der Waals surface area contributed by atoms with Gasteiger partial charge in [-0.25, -0.2) is 13.4 Å². The van der Waals surface area contributed by atoms with Crippen molar-refractivity contribution in [2.45, 2.75) is 30.8 Å². The molecule has 0 aliphatic carbocycles. The van der Waals surface area contributed by atoms with Gasteiger partial charge in [0.1, 0.15) is 5.75 Å². The molecule has 27 heavy (non-hydrogen) atoms. The van der Waals surface area contributed by atoms with E-state index in [1.54, 1.807) is 12.1 Å². The summed E-state index contributed by atoms with van der Waals surface area (Å²) in [5, 5.41) is 3.21. The molecule has 0 radical (unpaired) electrons. The van der Waals surface area contributed by atoms with Crippen molar-refractivity contribution in [3.05, 3.63) is 34.8 Å². The Morgan fingerprint density at radius 3 is 2.70 bits per heavy atom. The van der Waals surface area contributed by atoms with Crippen LogP contribution in [0.1, 0.15) is 17.5 Å². The highest BCUT2D eigenvalue weighted by Crippen LogP contribution is 2.27. The topological polar surface area (TPSA) is 101 Å². The molecule has 1 aromatic carbocycles. The van der Waals surface area contributed by atoms with E-state index in [0.29, 0.717) is 10.9 Å². The number of carbonyl (C=O) groups is 1. The smallest absolute Gasteiger partial charge is 0.244 e. The van der Waals surface area contributed by atoms with Crippen LogP contribution in [0, 0.1) is 0 Å². The summed E-state index contributed by atoms with van der Waals surface area (Å²) in [5.74, 6) is 0.102. The van der Waals surface area contributed by atoms with Crippen molar-refractivity contribution < 1.29 is 17.9 Å². The normalized spacial score (nSPS) is 15.8. The van der Waals surface area contributed by atoms with Crippen LogP contribution in [0.25, 0.3) is 0 Å². The number of ether oxygens (including phenoxy) is 1. The summed E-state index contributed by atoms with van der Waals surface area (Å²) in [5.41, 5.74) is 1.000. The number of rotatable bonds is 6. The van der Waals surface area contributed by atoms with Crippen molar-refractivity contribution in [3.8, 4) is 5.75 Å². The van der Waals surface area contributed by atoms with Gasteiger partial charge in [0.15, 0.2) is 5.13 Å². The zero-order valence-electron chi connectivity index (χ0n) is 15.4. The van der Waals surface area contributed by atoms with Gasteiger partial charge in [0.2, 0.25) is 15.9 Å². The largest absolute Gasteiger partial charge is 0.497 e. The molecule has 1 amide bonds. The quantitative estimate of drug-likeness (QED) is 0.748. The molecule has 1 aliphatic heterocycles. The lowest BCUT2D eigenvalue weighted by molar-refractivity contribution is -0.117. The van der Waals surface area contributed by atoms with Crippen molar-refractivity contribution in [1.82, 2.24) is 14.6 Å². The summed E-state index contributed by atoms with van der Waals surface area (Å²) in [6, 6.07) is 5.02. The van der Waals surface area contributed by atoms with Crippen LogP contribution in [0.3, 0.4) is 0 Å². The Hall–Kier alpha value is -2.01. The van der Waals surface area contributed by atoms with Gasteiger partial charge < -0.3 is 15.0 Å². The SMILES string of the molecule is COc1ccc(S(=O)(=O)N[C@@H](C)C(=O)Nc2nc3c(s2)CN(C)CC3)cc1. The van der Waals surface area contributed by atoms with Gasteiger partial charge in [-0.05, 0) is 38.2 Å². The first kappa shape index (κ1) is 19.7. The van der Waals surface area contributed by atoms with Crippen LogP contribution >= 0.6 is 11.3 Å². The molecule has 3 rings (SSSR count). The first-order chi connectivity index (χ1) is 12.8. The maximum atomic E-state index is 12.4. The molecule has 146 valence electrons. The predicted molar refractivity (Wildman–Crippen MR) is 104 cm³/mol. The third kappa shape index (κ3) is 4.64. The molecule has 0 saturated carbocycles. The monoisotopic (exact) mass is 410 g/mol. The number of amides is 1.